The highest BCUT2D eigenvalue weighted by Gasteiger charge is 2.39. The first kappa shape index (κ1) is 15.2. The largest absolute Gasteiger partial charge is 0.573 e. The van der Waals surface area contributed by atoms with Crippen molar-refractivity contribution in [3.63, 3.8) is 0 Å². The van der Waals surface area contributed by atoms with Gasteiger partial charge in [0.15, 0.2) is 0 Å². The average Bonchev–Trinajstić information content (AvgIpc) is 2.38. The maximum absolute atomic E-state index is 12.4. The molecule has 0 aliphatic heterocycles. The van der Waals surface area contributed by atoms with Crippen LogP contribution >= 0.6 is 0 Å². The van der Waals surface area contributed by atoms with E-state index in [1.807, 2.05) is 0 Å². The Morgan fingerprint density at radius 1 is 1.25 bits per heavy atom. The van der Waals surface area contributed by atoms with Crippen molar-refractivity contribution >= 4 is 0 Å². The van der Waals surface area contributed by atoms with E-state index in [4.69, 9.17) is 0 Å². The van der Waals surface area contributed by atoms with Crippen LogP contribution in [0, 0.1) is 5.92 Å². The van der Waals surface area contributed by atoms with E-state index in [0.29, 0.717) is 18.8 Å². The fourth-order valence-corrected chi connectivity index (χ4v) is 2.90. The summed E-state index contributed by atoms with van der Waals surface area (Å²) in [6, 6.07) is 5.88. The Bertz CT molecular complexity index is 449. The molecule has 0 radical (unpaired) electrons. The highest BCUT2D eigenvalue weighted by molar-refractivity contribution is 5.38. The Balaban J connectivity index is 2.24. The smallest absolute Gasteiger partial charge is 0.405 e. The summed E-state index contributed by atoms with van der Waals surface area (Å²) in [6.07, 6.45) is -1.10. The second kappa shape index (κ2) is 5.64. The molecule has 0 spiro atoms. The van der Waals surface area contributed by atoms with Crippen LogP contribution in [-0.2, 0) is 5.60 Å². The van der Waals surface area contributed by atoms with Gasteiger partial charge in [0, 0.05) is 5.56 Å². The van der Waals surface area contributed by atoms with Gasteiger partial charge >= 0.3 is 6.36 Å². The van der Waals surface area contributed by atoms with Gasteiger partial charge in [-0.2, -0.15) is 0 Å². The van der Waals surface area contributed by atoms with E-state index in [2.05, 4.69) is 11.7 Å². The Morgan fingerprint density at radius 3 is 2.40 bits per heavy atom. The van der Waals surface area contributed by atoms with Gasteiger partial charge < -0.3 is 9.84 Å². The Labute approximate surface area is 116 Å². The van der Waals surface area contributed by atoms with E-state index < -0.39 is 12.0 Å². The molecule has 5 heteroatoms. The number of ether oxygens (including phenoxy) is 1. The minimum atomic E-state index is -4.74. The molecule has 0 atom stereocenters. The SMILES string of the molecule is CCC1CCC(O)(c2ccccc2OC(F)(F)F)CC1. The quantitative estimate of drug-likeness (QED) is 0.894. The molecule has 0 unspecified atom stereocenters. The Morgan fingerprint density at radius 2 is 1.85 bits per heavy atom. The van der Waals surface area contributed by atoms with E-state index in [-0.39, 0.29) is 11.3 Å². The van der Waals surface area contributed by atoms with Crippen LogP contribution in [0.25, 0.3) is 0 Å². The number of aliphatic hydroxyl groups is 1. The van der Waals surface area contributed by atoms with Crippen LogP contribution in [0.3, 0.4) is 0 Å². The van der Waals surface area contributed by atoms with Gasteiger partial charge in [0.1, 0.15) is 5.75 Å². The molecule has 1 aliphatic rings. The van der Waals surface area contributed by atoms with Crippen LogP contribution in [0.2, 0.25) is 0 Å². The molecule has 0 amide bonds. The van der Waals surface area contributed by atoms with E-state index in [9.17, 15) is 18.3 Å². The first-order valence-corrected chi connectivity index (χ1v) is 6.92. The summed E-state index contributed by atoms with van der Waals surface area (Å²) in [5, 5.41) is 10.7. The second-order valence-corrected chi connectivity index (χ2v) is 5.43. The molecule has 1 aromatic carbocycles. The minimum Gasteiger partial charge on any atom is -0.405 e. The number of hydrogen-bond acceptors (Lipinski definition) is 2. The van der Waals surface area contributed by atoms with Crippen LogP contribution in [0.15, 0.2) is 24.3 Å². The molecule has 1 N–H and O–H groups in total. The molecule has 0 saturated heterocycles. The molecule has 1 aliphatic carbocycles. The molecule has 1 aromatic rings. The van der Waals surface area contributed by atoms with Gasteiger partial charge in [0.25, 0.3) is 0 Å². The molecule has 1 fully saturated rings. The summed E-state index contributed by atoms with van der Waals surface area (Å²) in [5.41, 5.74) is -0.972. The molecular formula is C15H19F3O2. The van der Waals surface area contributed by atoms with E-state index >= 15 is 0 Å². The number of alkyl halides is 3. The summed E-state index contributed by atoms with van der Waals surface area (Å²) in [6.45, 7) is 2.09. The number of para-hydroxylation sites is 1. The second-order valence-electron chi connectivity index (χ2n) is 5.43. The zero-order valence-electron chi connectivity index (χ0n) is 11.4. The van der Waals surface area contributed by atoms with Crippen LogP contribution in [0.5, 0.6) is 5.75 Å². The van der Waals surface area contributed by atoms with Crippen molar-refractivity contribution in [2.75, 3.05) is 0 Å². The third kappa shape index (κ3) is 3.45. The lowest BCUT2D eigenvalue weighted by molar-refractivity contribution is -0.275. The summed E-state index contributed by atoms with van der Waals surface area (Å²) < 4.78 is 41.3. The normalized spacial score (nSPS) is 27.4. The number of rotatable bonds is 3. The van der Waals surface area contributed by atoms with E-state index in [1.165, 1.54) is 18.2 Å². The van der Waals surface area contributed by atoms with Crippen LogP contribution in [0.4, 0.5) is 13.2 Å². The van der Waals surface area contributed by atoms with Gasteiger partial charge in [-0.25, -0.2) is 0 Å². The molecule has 112 valence electrons. The highest BCUT2D eigenvalue weighted by Crippen LogP contribution is 2.44. The lowest BCUT2D eigenvalue weighted by Crippen LogP contribution is -2.32. The summed E-state index contributed by atoms with van der Waals surface area (Å²) in [5.74, 6) is 0.253. The van der Waals surface area contributed by atoms with Gasteiger partial charge in [-0.15, -0.1) is 13.2 Å². The summed E-state index contributed by atoms with van der Waals surface area (Å²) in [7, 11) is 0. The van der Waals surface area contributed by atoms with Gasteiger partial charge in [0.05, 0.1) is 5.60 Å². The lowest BCUT2D eigenvalue weighted by Gasteiger charge is -2.37. The Hall–Kier alpha value is -1.23. The molecular weight excluding hydrogens is 269 g/mol. The minimum absolute atomic E-state index is 0.242. The summed E-state index contributed by atoms with van der Waals surface area (Å²) in [4.78, 5) is 0. The van der Waals surface area contributed by atoms with Crippen LogP contribution in [0.1, 0.15) is 44.6 Å². The van der Waals surface area contributed by atoms with Crippen molar-refractivity contribution in [2.45, 2.75) is 51.0 Å². The van der Waals surface area contributed by atoms with Gasteiger partial charge in [-0.1, -0.05) is 31.5 Å². The average molecular weight is 288 g/mol. The van der Waals surface area contributed by atoms with E-state index in [1.54, 1.807) is 6.07 Å². The van der Waals surface area contributed by atoms with Crippen molar-refractivity contribution in [1.82, 2.24) is 0 Å². The van der Waals surface area contributed by atoms with Crippen LogP contribution in [-0.4, -0.2) is 11.5 Å². The maximum atomic E-state index is 12.4. The molecule has 0 heterocycles. The monoisotopic (exact) mass is 288 g/mol. The standard InChI is InChI=1S/C15H19F3O2/c1-2-11-7-9-14(19,10-8-11)12-5-3-4-6-13(12)20-15(16,17)18/h3-6,11,19H,2,7-10H2,1H3. The fourth-order valence-electron chi connectivity index (χ4n) is 2.90. The predicted molar refractivity (Wildman–Crippen MR) is 69.3 cm³/mol. The van der Waals surface area contributed by atoms with Gasteiger partial charge in [-0.3, -0.25) is 0 Å². The first-order valence-electron chi connectivity index (χ1n) is 6.92. The zero-order chi connectivity index (χ0) is 14.8. The van der Waals surface area contributed by atoms with E-state index in [0.717, 1.165) is 19.3 Å². The van der Waals surface area contributed by atoms with Crippen molar-refractivity contribution < 1.29 is 23.0 Å². The van der Waals surface area contributed by atoms with Gasteiger partial charge in [-0.05, 0) is 37.7 Å². The highest BCUT2D eigenvalue weighted by atomic mass is 19.4. The zero-order valence-corrected chi connectivity index (χ0v) is 11.4. The van der Waals surface area contributed by atoms with Crippen molar-refractivity contribution in [3.8, 4) is 5.75 Å². The van der Waals surface area contributed by atoms with Crippen molar-refractivity contribution in [3.05, 3.63) is 29.8 Å². The third-order valence-electron chi connectivity index (χ3n) is 4.12. The molecule has 20 heavy (non-hydrogen) atoms. The maximum Gasteiger partial charge on any atom is 0.573 e. The van der Waals surface area contributed by atoms with Crippen LogP contribution < -0.4 is 4.74 Å². The number of halogens is 3. The predicted octanol–water partition coefficient (Wildman–Crippen LogP) is 4.37. The Kier molecular flexibility index (Phi) is 4.28. The molecule has 1 saturated carbocycles. The van der Waals surface area contributed by atoms with Crippen molar-refractivity contribution in [1.29, 1.82) is 0 Å². The van der Waals surface area contributed by atoms with Crippen molar-refractivity contribution in [2.24, 2.45) is 5.92 Å². The molecule has 0 bridgehead atoms. The topological polar surface area (TPSA) is 29.5 Å². The number of benzene rings is 1. The fraction of sp³-hybridized carbons (Fsp3) is 0.600. The van der Waals surface area contributed by atoms with Gasteiger partial charge in [0.2, 0.25) is 0 Å². The lowest BCUT2D eigenvalue weighted by atomic mass is 9.74. The molecule has 2 rings (SSSR count). The molecule has 2 nitrogen and oxygen atoms in total. The third-order valence-corrected chi connectivity index (χ3v) is 4.12. The molecule has 0 aromatic heterocycles. The number of hydrogen-bond donors (Lipinski definition) is 1. The first-order chi connectivity index (χ1) is 9.34. The summed E-state index contributed by atoms with van der Waals surface area (Å²) >= 11 is 0.